The number of rotatable bonds is 11. The fraction of sp³-hybridized carbons (Fsp3) is 0.419. The van der Waals surface area contributed by atoms with Crippen LogP contribution in [0.15, 0.2) is 59.0 Å². The van der Waals surface area contributed by atoms with Crippen molar-refractivity contribution in [3.63, 3.8) is 0 Å². The number of methoxy groups -OCH3 is 1. The summed E-state index contributed by atoms with van der Waals surface area (Å²) in [5.41, 5.74) is 3.48. The highest BCUT2D eigenvalue weighted by molar-refractivity contribution is 5.95. The van der Waals surface area contributed by atoms with E-state index in [0.717, 1.165) is 36.8 Å². The topological polar surface area (TPSA) is 86.5 Å². The van der Waals surface area contributed by atoms with Crippen LogP contribution in [-0.2, 0) is 20.7 Å². The van der Waals surface area contributed by atoms with Crippen molar-refractivity contribution >= 4 is 17.5 Å². The Hall–Kier alpha value is -3.54. The second-order valence-corrected chi connectivity index (χ2v) is 10.0. The zero-order valence-electron chi connectivity index (χ0n) is 21.7. The van der Waals surface area contributed by atoms with Gasteiger partial charge in [0, 0.05) is 31.2 Å². The molecule has 0 aliphatic heterocycles. The number of hydrogen-bond acceptors (Lipinski definition) is 6. The minimum absolute atomic E-state index is 0.0955. The largest absolute Gasteiger partial charge is 0.469 e. The van der Waals surface area contributed by atoms with E-state index in [1.54, 1.807) is 6.92 Å². The summed E-state index contributed by atoms with van der Waals surface area (Å²) in [6.45, 7) is 1.75. The Kier molecular flexibility index (Phi) is 9.04. The normalized spacial score (nSPS) is 17.4. The van der Waals surface area contributed by atoms with Crippen molar-refractivity contribution < 1.29 is 23.5 Å². The molecule has 6 heteroatoms. The number of carbonyl (C=O) groups excluding carboxylic acids is 3. The van der Waals surface area contributed by atoms with Crippen LogP contribution in [0.4, 0.5) is 0 Å². The quantitative estimate of drug-likeness (QED) is 0.216. The van der Waals surface area contributed by atoms with Crippen LogP contribution < -0.4 is 0 Å². The molecule has 1 heterocycles. The molecular formula is C31H35NO5. The summed E-state index contributed by atoms with van der Waals surface area (Å²) in [4.78, 5) is 41.1. The van der Waals surface area contributed by atoms with Crippen LogP contribution in [0.3, 0.4) is 0 Å². The Morgan fingerprint density at radius 3 is 2.32 bits per heavy atom. The van der Waals surface area contributed by atoms with Crippen LogP contribution in [0.5, 0.6) is 0 Å². The van der Waals surface area contributed by atoms with Crippen molar-refractivity contribution in [3.05, 3.63) is 77.2 Å². The molecule has 6 nitrogen and oxygen atoms in total. The molecule has 0 unspecified atom stereocenters. The number of aryl methyl sites for hydroxylation is 1. The molecule has 1 aromatic heterocycles. The fourth-order valence-electron chi connectivity index (χ4n) is 5.17. The number of benzene rings is 2. The second kappa shape index (κ2) is 12.6. The molecule has 1 fully saturated rings. The van der Waals surface area contributed by atoms with Crippen molar-refractivity contribution in [1.82, 2.24) is 4.98 Å². The van der Waals surface area contributed by atoms with E-state index in [9.17, 15) is 14.4 Å². The van der Waals surface area contributed by atoms with Crippen LogP contribution in [-0.4, -0.2) is 29.6 Å². The highest BCUT2D eigenvalue weighted by Crippen LogP contribution is 2.37. The number of carbonyl (C=O) groups is 3. The van der Waals surface area contributed by atoms with E-state index in [1.165, 1.54) is 12.7 Å². The molecule has 0 radical (unpaired) electrons. The maximum atomic E-state index is 12.7. The van der Waals surface area contributed by atoms with Gasteiger partial charge in [0.1, 0.15) is 17.2 Å². The third kappa shape index (κ3) is 7.25. The number of ether oxygens (including phenoxy) is 1. The number of hydrogen-bond donors (Lipinski definition) is 0. The minimum Gasteiger partial charge on any atom is -0.469 e. The molecule has 0 saturated heterocycles. The monoisotopic (exact) mass is 501 g/mol. The Labute approximate surface area is 218 Å². The average Bonchev–Trinajstić information content (AvgIpc) is 3.31. The maximum absolute atomic E-state index is 12.7. The predicted molar refractivity (Wildman–Crippen MR) is 141 cm³/mol. The van der Waals surface area contributed by atoms with Crippen molar-refractivity contribution in [2.75, 3.05) is 7.11 Å². The maximum Gasteiger partial charge on any atom is 0.305 e. The van der Waals surface area contributed by atoms with Gasteiger partial charge in [0.15, 0.2) is 5.78 Å². The number of Topliss-reactive ketones (excluding diaryl/α,β-unsaturated/α-hetero) is 2. The summed E-state index contributed by atoms with van der Waals surface area (Å²) in [5.74, 6) is 1.79. The lowest BCUT2D eigenvalue weighted by Gasteiger charge is -2.28. The summed E-state index contributed by atoms with van der Waals surface area (Å²) in [7, 11) is 1.45. The molecular weight excluding hydrogens is 466 g/mol. The van der Waals surface area contributed by atoms with E-state index >= 15 is 0 Å². The van der Waals surface area contributed by atoms with Crippen molar-refractivity contribution in [3.8, 4) is 11.5 Å². The van der Waals surface area contributed by atoms with Gasteiger partial charge in [0.2, 0.25) is 5.89 Å². The first kappa shape index (κ1) is 26.5. The van der Waals surface area contributed by atoms with Gasteiger partial charge in [-0.25, -0.2) is 4.98 Å². The molecule has 37 heavy (non-hydrogen) atoms. The zero-order chi connectivity index (χ0) is 26.2. The SMILES string of the molecule is COC(=O)CC1CCC(c2ccc(CC(=O)CCCC(=O)c3nc(-c4ccccc4)oc3C)cc2)CC1. The Morgan fingerprint density at radius 2 is 1.65 bits per heavy atom. The molecule has 1 aliphatic rings. The summed E-state index contributed by atoms with van der Waals surface area (Å²) in [6, 6.07) is 17.9. The molecule has 4 rings (SSSR count). The number of ketones is 2. The molecule has 0 amide bonds. The fourth-order valence-corrected chi connectivity index (χ4v) is 5.17. The number of aromatic nitrogens is 1. The summed E-state index contributed by atoms with van der Waals surface area (Å²) in [5, 5.41) is 0. The zero-order valence-corrected chi connectivity index (χ0v) is 21.7. The third-order valence-corrected chi connectivity index (χ3v) is 7.32. The van der Waals surface area contributed by atoms with Gasteiger partial charge in [-0.3, -0.25) is 14.4 Å². The average molecular weight is 502 g/mol. The molecule has 1 saturated carbocycles. The molecule has 0 spiro atoms. The van der Waals surface area contributed by atoms with Crippen molar-refractivity contribution in [2.24, 2.45) is 5.92 Å². The van der Waals surface area contributed by atoms with E-state index in [2.05, 4.69) is 17.1 Å². The summed E-state index contributed by atoms with van der Waals surface area (Å²) >= 11 is 0. The van der Waals surface area contributed by atoms with Crippen LogP contribution >= 0.6 is 0 Å². The lowest BCUT2D eigenvalue weighted by Crippen LogP contribution is -2.17. The first-order valence-electron chi connectivity index (χ1n) is 13.2. The van der Waals surface area contributed by atoms with E-state index in [1.807, 2.05) is 42.5 Å². The smallest absolute Gasteiger partial charge is 0.305 e. The molecule has 3 aromatic rings. The van der Waals surface area contributed by atoms with E-state index in [-0.39, 0.29) is 24.0 Å². The molecule has 2 aromatic carbocycles. The van der Waals surface area contributed by atoms with Gasteiger partial charge < -0.3 is 9.15 Å². The van der Waals surface area contributed by atoms with Crippen LogP contribution in [0.25, 0.3) is 11.5 Å². The highest BCUT2D eigenvalue weighted by Gasteiger charge is 2.24. The van der Waals surface area contributed by atoms with Gasteiger partial charge in [-0.2, -0.15) is 0 Å². The predicted octanol–water partition coefficient (Wildman–Crippen LogP) is 6.65. The first-order valence-corrected chi connectivity index (χ1v) is 13.2. The van der Waals surface area contributed by atoms with Crippen molar-refractivity contribution in [1.29, 1.82) is 0 Å². The van der Waals surface area contributed by atoms with Gasteiger partial charge in [0.05, 0.1) is 7.11 Å². The standard InChI is InChI=1S/C31H35NO5/c1-21-30(32-31(37-21)26-7-4-3-5-8-26)28(34)10-6-9-27(33)19-22-11-15-24(16-12-22)25-17-13-23(14-18-25)20-29(35)36-2/h3-5,7-8,11-12,15-16,23,25H,6,9-10,13-14,17-20H2,1-2H3. The molecule has 194 valence electrons. The van der Waals surface area contributed by atoms with Crippen molar-refractivity contribution in [2.45, 2.75) is 70.6 Å². The lowest BCUT2D eigenvalue weighted by molar-refractivity contribution is -0.142. The Balaban J connectivity index is 1.20. The Morgan fingerprint density at radius 1 is 0.946 bits per heavy atom. The minimum atomic E-state index is -0.118. The summed E-state index contributed by atoms with van der Waals surface area (Å²) in [6.07, 6.45) is 6.25. The highest BCUT2D eigenvalue weighted by atomic mass is 16.5. The number of esters is 1. The van der Waals surface area contributed by atoms with E-state index in [0.29, 0.717) is 54.9 Å². The number of nitrogens with zero attached hydrogens (tertiary/aromatic N) is 1. The van der Waals surface area contributed by atoms with Gasteiger partial charge in [0.25, 0.3) is 0 Å². The van der Waals surface area contributed by atoms with Crippen LogP contribution in [0, 0.1) is 12.8 Å². The van der Waals surface area contributed by atoms with E-state index < -0.39 is 0 Å². The molecule has 0 bridgehead atoms. The first-order chi connectivity index (χ1) is 17.9. The van der Waals surface area contributed by atoms with Crippen LogP contribution in [0.1, 0.15) is 84.7 Å². The molecule has 1 aliphatic carbocycles. The Bertz CT molecular complexity index is 1200. The van der Waals surface area contributed by atoms with Crippen LogP contribution in [0.2, 0.25) is 0 Å². The van der Waals surface area contributed by atoms with Gasteiger partial charge in [-0.1, -0.05) is 42.5 Å². The van der Waals surface area contributed by atoms with Gasteiger partial charge >= 0.3 is 5.97 Å². The summed E-state index contributed by atoms with van der Waals surface area (Å²) < 4.78 is 10.5. The number of oxazole rings is 1. The van der Waals surface area contributed by atoms with E-state index in [4.69, 9.17) is 9.15 Å². The molecule has 0 atom stereocenters. The molecule has 0 N–H and O–H groups in total. The van der Waals surface area contributed by atoms with Gasteiger partial charge in [-0.15, -0.1) is 0 Å². The third-order valence-electron chi connectivity index (χ3n) is 7.32. The second-order valence-electron chi connectivity index (χ2n) is 10.0. The lowest BCUT2D eigenvalue weighted by atomic mass is 9.77. The van der Waals surface area contributed by atoms with Gasteiger partial charge in [-0.05, 0) is 74.1 Å².